The highest BCUT2D eigenvalue weighted by atomic mass is 35.5. The minimum Gasteiger partial charge on any atom is -0.486 e. The number of fused-ring (bicyclic) bond motifs is 3. The Balaban J connectivity index is 1.40. The number of halogens is 1. The first-order valence-electron chi connectivity index (χ1n) is 14.4. The molecular formula is C33H37ClN4O3. The van der Waals surface area contributed by atoms with Crippen molar-refractivity contribution in [1.82, 2.24) is 19.9 Å². The van der Waals surface area contributed by atoms with Gasteiger partial charge in [-0.25, -0.2) is 4.68 Å². The first kappa shape index (κ1) is 27.7. The summed E-state index contributed by atoms with van der Waals surface area (Å²) in [6.07, 6.45) is 2.33. The van der Waals surface area contributed by atoms with Crippen LogP contribution < -0.4 is 4.74 Å². The van der Waals surface area contributed by atoms with Crippen molar-refractivity contribution in [3.63, 3.8) is 0 Å². The Labute approximate surface area is 246 Å². The zero-order valence-electron chi connectivity index (χ0n) is 24.4. The predicted octanol–water partition coefficient (Wildman–Crippen LogP) is 6.68. The summed E-state index contributed by atoms with van der Waals surface area (Å²) < 4.78 is 13.7. The SMILES string of the molecule is CCOC(=O)CC(c1ccc2c(c1)C(N1Cc3cc(Cl)ccc3OC(C)(C)C1)CC2)c1ccc2c(nnn2C)c1C. The second kappa shape index (κ2) is 10.8. The van der Waals surface area contributed by atoms with Crippen LogP contribution in [0.2, 0.25) is 5.02 Å². The van der Waals surface area contributed by atoms with E-state index >= 15 is 0 Å². The van der Waals surface area contributed by atoms with Gasteiger partial charge in [0.25, 0.3) is 0 Å². The largest absolute Gasteiger partial charge is 0.486 e. The normalized spacial score (nSPS) is 18.8. The van der Waals surface area contributed by atoms with E-state index in [4.69, 9.17) is 21.1 Å². The van der Waals surface area contributed by atoms with Crippen LogP contribution in [0.4, 0.5) is 0 Å². The fraction of sp³-hybridized carbons (Fsp3) is 0.424. The molecular weight excluding hydrogens is 536 g/mol. The van der Waals surface area contributed by atoms with E-state index in [1.54, 1.807) is 4.68 Å². The van der Waals surface area contributed by atoms with Crippen molar-refractivity contribution in [3.05, 3.63) is 86.9 Å². The van der Waals surface area contributed by atoms with Gasteiger partial charge in [-0.2, -0.15) is 0 Å². The van der Waals surface area contributed by atoms with E-state index < -0.39 is 0 Å². The molecule has 214 valence electrons. The van der Waals surface area contributed by atoms with Gasteiger partial charge < -0.3 is 9.47 Å². The van der Waals surface area contributed by atoms with Crippen LogP contribution in [0.3, 0.4) is 0 Å². The van der Waals surface area contributed by atoms with Crippen LogP contribution in [-0.4, -0.2) is 44.6 Å². The number of carbonyl (C=O) groups is 1. The quantitative estimate of drug-likeness (QED) is 0.240. The maximum atomic E-state index is 12.9. The molecule has 0 spiro atoms. The van der Waals surface area contributed by atoms with Gasteiger partial charge in [0.15, 0.2) is 0 Å². The van der Waals surface area contributed by atoms with Crippen molar-refractivity contribution in [3.8, 4) is 5.75 Å². The standard InChI is InChI=1S/C33H37ClN4O3/c1-6-40-31(39)17-26(25-11-13-29-32(20(25)2)35-36-37(29)5)22-8-7-21-9-12-28(27(21)16-22)38-18-23-15-24(34)10-14-30(23)41-33(3,4)19-38/h7-8,10-11,13-16,26,28H,6,9,12,17-19H2,1-5H3. The Morgan fingerprint density at radius 1 is 1.17 bits per heavy atom. The number of hydrogen-bond donors (Lipinski definition) is 0. The summed E-state index contributed by atoms with van der Waals surface area (Å²) in [5.74, 6) is 0.543. The van der Waals surface area contributed by atoms with E-state index in [-0.39, 0.29) is 30.0 Å². The number of aryl methyl sites for hydroxylation is 3. The molecule has 0 fully saturated rings. The van der Waals surface area contributed by atoms with Crippen molar-refractivity contribution < 1.29 is 14.3 Å². The number of esters is 1. The van der Waals surface area contributed by atoms with Gasteiger partial charge in [-0.1, -0.05) is 41.1 Å². The molecule has 7 nitrogen and oxygen atoms in total. The Bertz CT molecular complexity index is 1630. The molecule has 2 heterocycles. The molecule has 0 bridgehead atoms. The van der Waals surface area contributed by atoms with E-state index in [0.29, 0.717) is 6.61 Å². The zero-order chi connectivity index (χ0) is 28.9. The van der Waals surface area contributed by atoms with Crippen molar-refractivity contribution in [2.45, 2.75) is 71.1 Å². The minimum absolute atomic E-state index is 0.157. The third kappa shape index (κ3) is 5.33. The average Bonchev–Trinajstić information content (AvgIpc) is 3.49. The van der Waals surface area contributed by atoms with Crippen LogP contribution in [0.5, 0.6) is 5.75 Å². The minimum atomic E-state index is -0.352. The third-order valence-corrected chi connectivity index (χ3v) is 8.79. The van der Waals surface area contributed by atoms with Gasteiger partial charge in [0, 0.05) is 42.7 Å². The molecule has 8 heteroatoms. The maximum absolute atomic E-state index is 12.9. The van der Waals surface area contributed by atoms with Crippen LogP contribution in [-0.2, 0) is 29.5 Å². The molecule has 2 unspecified atom stereocenters. The Morgan fingerprint density at radius 2 is 2.00 bits per heavy atom. The number of benzene rings is 3. The van der Waals surface area contributed by atoms with Crippen molar-refractivity contribution >= 4 is 28.6 Å². The Morgan fingerprint density at radius 3 is 2.80 bits per heavy atom. The van der Waals surface area contributed by atoms with Crippen molar-refractivity contribution in [2.75, 3.05) is 13.2 Å². The molecule has 6 rings (SSSR count). The van der Waals surface area contributed by atoms with Gasteiger partial charge >= 0.3 is 5.97 Å². The molecule has 2 atom stereocenters. The molecule has 0 radical (unpaired) electrons. The van der Waals surface area contributed by atoms with Gasteiger partial charge in [0.05, 0.1) is 18.5 Å². The molecule has 0 N–H and O–H groups in total. The van der Waals surface area contributed by atoms with Gasteiger partial charge in [-0.3, -0.25) is 9.69 Å². The second-order valence-electron chi connectivity index (χ2n) is 12.0. The highest BCUT2D eigenvalue weighted by Crippen LogP contribution is 2.43. The van der Waals surface area contributed by atoms with Crippen LogP contribution in [0.25, 0.3) is 11.0 Å². The van der Waals surface area contributed by atoms with E-state index in [2.05, 4.69) is 60.2 Å². The number of ether oxygens (including phenoxy) is 2. The summed E-state index contributed by atoms with van der Waals surface area (Å²) >= 11 is 6.40. The summed E-state index contributed by atoms with van der Waals surface area (Å²) in [6.45, 7) is 10.1. The number of carbonyl (C=O) groups excluding carboxylic acids is 1. The molecule has 2 aliphatic rings. The zero-order valence-corrected chi connectivity index (χ0v) is 25.2. The van der Waals surface area contributed by atoms with Crippen LogP contribution >= 0.6 is 11.6 Å². The summed E-state index contributed by atoms with van der Waals surface area (Å²) in [5.41, 5.74) is 8.53. The van der Waals surface area contributed by atoms with E-state index in [1.807, 2.05) is 38.2 Å². The number of rotatable bonds is 6. The molecule has 1 aromatic heterocycles. The van der Waals surface area contributed by atoms with E-state index in [0.717, 1.165) is 70.0 Å². The smallest absolute Gasteiger partial charge is 0.306 e. The fourth-order valence-electron chi connectivity index (χ4n) is 6.70. The lowest BCUT2D eigenvalue weighted by molar-refractivity contribution is -0.143. The number of nitrogens with zero attached hydrogens (tertiary/aromatic N) is 4. The third-order valence-electron chi connectivity index (χ3n) is 8.56. The molecule has 41 heavy (non-hydrogen) atoms. The summed E-state index contributed by atoms with van der Waals surface area (Å²) in [7, 11) is 1.90. The predicted molar refractivity (Wildman–Crippen MR) is 160 cm³/mol. The van der Waals surface area contributed by atoms with Gasteiger partial charge in [0.1, 0.15) is 16.9 Å². The molecule has 4 aromatic rings. The van der Waals surface area contributed by atoms with Crippen LogP contribution in [0.1, 0.15) is 79.0 Å². The summed E-state index contributed by atoms with van der Waals surface area (Å²) in [6, 6.07) is 17.1. The topological polar surface area (TPSA) is 69.5 Å². The highest BCUT2D eigenvalue weighted by molar-refractivity contribution is 6.30. The maximum Gasteiger partial charge on any atom is 0.306 e. The molecule has 1 aliphatic carbocycles. The Hall–Kier alpha value is -3.42. The molecule has 0 amide bonds. The second-order valence-corrected chi connectivity index (χ2v) is 12.4. The highest BCUT2D eigenvalue weighted by Gasteiger charge is 2.36. The van der Waals surface area contributed by atoms with Crippen LogP contribution in [0, 0.1) is 6.92 Å². The van der Waals surface area contributed by atoms with E-state index in [9.17, 15) is 4.79 Å². The van der Waals surface area contributed by atoms with Gasteiger partial charge in [-0.05, 0) is 92.6 Å². The molecule has 3 aromatic carbocycles. The molecule has 1 aliphatic heterocycles. The lowest BCUT2D eigenvalue weighted by Gasteiger charge is -2.34. The first-order valence-corrected chi connectivity index (χ1v) is 14.8. The summed E-state index contributed by atoms with van der Waals surface area (Å²) in [5, 5.41) is 9.36. The molecule has 0 saturated heterocycles. The fourth-order valence-corrected chi connectivity index (χ4v) is 6.90. The number of aromatic nitrogens is 3. The lowest BCUT2D eigenvalue weighted by atomic mass is 9.84. The monoisotopic (exact) mass is 572 g/mol. The average molecular weight is 573 g/mol. The Kier molecular flexibility index (Phi) is 7.28. The lowest BCUT2D eigenvalue weighted by Crippen LogP contribution is -2.41. The van der Waals surface area contributed by atoms with Gasteiger partial charge in [0.2, 0.25) is 0 Å². The summed E-state index contributed by atoms with van der Waals surface area (Å²) in [4.78, 5) is 15.4. The van der Waals surface area contributed by atoms with E-state index in [1.165, 1.54) is 11.1 Å². The first-order chi connectivity index (χ1) is 19.6. The van der Waals surface area contributed by atoms with Crippen molar-refractivity contribution in [2.24, 2.45) is 7.05 Å². The van der Waals surface area contributed by atoms with Gasteiger partial charge in [-0.15, -0.1) is 5.10 Å². The number of hydrogen-bond acceptors (Lipinski definition) is 6. The van der Waals surface area contributed by atoms with Crippen LogP contribution in [0.15, 0.2) is 48.5 Å². The molecule has 0 saturated carbocycles. The van der Waals surface area contributed by atoms with Crippen molar-refractivity contribution in [1.29, 1.82) is 0 Å².